The minimum atomic E-state index is -0.135. The number of benzene rings is 1. The number of rotatable bonds is 3. The molecular formula is C15H17ClN2O2S. The fourth-order valence-corrected chi connectivity index (χ4v) is 4.04. The van der Waals surface area contributed by atoms with Gasteiger partial charge in [-0.1, -0.05) is 17.7 Å². The van der Waals surface area contributed by atoms with E-state index in [9.17, 15) is 4.79 Å². The first-order valence-electron chi connectivity index (χ1n) is 6.94. The summed E-state index contributed by atoms with van der Waals surface area (Å²) in [6.45, 7) is 3.42. The minimum Gasteiger partial charge on any atom is -0.397 e. The Bertz CT molecular complexity index is 686. The fourth-order valence-electron chi connectivity index (χ4n) is 2.65. The van der Waals surface area contributed by atoms with Gasteiger partial charge in [0, 0.05) is 29.2 Å². The highest BCUT2D eigenvalue weighted by Crippen LogP contribution is 2.37. The molecule has 112 valence electrons. The number of anilines is 1. The van der Waals surface area contributed by atoms with Gasteiger partial charge in [-0.2, -0.15) is 0 Å². The minimum absolute atomic E-state index is 0.135. The van der Waals surface area contributed by atoms with E-state index < -0.39 is 0 Å². The van der Waals surface area contributed by atoms with Gasteiger partial charge in [-0.25, -0.2) is 0 Å². The molecule has 1 fully saturated rings. The predicted octanol–water partition coefficient (Wildman–Crippen LogP) is 3.29. The number of ether oxygens (including phenoxy) is 1. The van der Waals surface area contributed by atoms with E-state index in [1.165, 1.54) is 11.3 Å². The molecule has 6 heteroatoms. The maximum Gasteiger partial charge on any atom is 0.263 e. The zero-order valence-electron chi connectivity index (χ0n) is 11.7. The molecule has 3 N–H and O–H groups in total. The lowest BCUT2D eigenvalue weighted by Gasteiger charge is -2.14. The number of halogens is 1. The summed E-state index contributed by atoms with van der Waals surface area (Å²) in [4.78, 5) is 12.9. The second-order valence-corrected chi connectivity index (χ2v) is 6.75. The number of hydrogen-bond acceptors (Lipinski definition) is 4. The molecule has 0 radical (unpaired) electrons. The monoisotopic (exact) mass is 324 g/mol. The van der Waals surface area contributed by atoms with Gasteiger partial charge in [0.2, 0.25) is 0 Å². The highest BCUT2D eigenvalue weighted by Gasteiger charge is 2.25. The molecular weight excluding hydrogens is 308 g/mol. The third-order valence-electron chi connectivity index (χ3n) is 3.97. The van der Waals surface area contributed by atoms with Crippen molar-refractivity contribution in [2.45, 2.75) is 19.4 Å². The lowest BCUT2D eigenvalue weighted by molar-refractivity contribution is 0.0911. The largest absolute Gasteiger partial charge is 0.397 e. The van der Waals surface area contributed by atoms with E-state index in [-0.39, 0.29) is 12.0 Å². The van der Waals surface area contributed by atoms with Crippen molar-refractivity contribution in [2.75, 3.05) is 18.9 Å². The normalized spacial score (nSPS) is 21.8. The Hall–Kier alpha value is -1.30. The number of carbonyl (C=O) groups is 1. The molecule has 1 amide bonds. The van der Waals surface area contributed by atoms with Crippen LogP contribution in [0, 0.1) is 5.92 Å². The summed E-state index contributed by atoms with van der Waals surface area (Å²) >= 11 is 7.54. The predicted molar refractivity (Wildman–Crippen MR) is 87.1 cm³/mol. The van der Waals surface area contributed by atoms with E-state index in [1.54, 1.807) is 6.07 Å². The molecule has 3 rings (SSSR count). The molecule has 1 aromatic heterocycles. The molecule has 2 unspecified atom stereocenters. The van der Waals surface area contributed by atoms with Crippen LogP contribution in [0.2, 0.25) is 5.02 Å². The summed E-state index contributed by atoms with van der Waals surface area (Å²) in [6.07, 6.45) is 1.18. The van der Waals surface area contributed by atoms with Gasteiger partial charge < -0.3 is 15.8 Å². The quantitative estimate of drug-likeness (QED) is 0.910. The molecule has 1 aliphatic heterocycles. The van der Waals surface area contributed by atoms with Crippen LogP contribution in [0.15, 0.2) is 18.2 Å². The zero-order valence-corrected chi connectivity index (χ0v) is 13.3. The summed E-state index contributed by atoms with van der Waals surface area (Å²) in [6, 6.07) is 5.57. The van der Waals surface area contributed by atoms with Gasteiger partial charge in [-0.3, -0.25) is 4.79 Å². The molecule has 0 bridgehead atoms. The first kappa shape index (κ1) is 14.6. The van der Waals surface area contributed by atoms with Gasteiger partial charge >= 0.3 is 0 Å². The fraction of sp³-hybridized carbons (Fsp3) is 0.400. The SMILES string of the molecule is CC1OCCC1CNC(=O)c1sc2cccc(Cl)c2c1N. The van der Waals surface area contributed by atoms with Crippen LogP contribution in [0.25, 0.3) is 10.1 Å². The van der Waals surface area contributed by atoms with Gasteiger partial charge in [0.15, 0.2) is 0 Å². The first-order chi connectivity index (χ1) is 10.1. The highest BCUT2D eigenvalue weighted by molar-refractivity contribution is 7.21. The standard InChI is InChI=1S/C15H17ClN2O2S/c1-8-9(5-6-20-8)7-18-15(19)14-13(17)12-10(16)3-2-4-11(12)21-14/h2-4,8-9H,5-7,17H2,1H3,(H,18,19). The lowest BCUT2D eigenvalue weighted by atomic mass is 10.0. The van der Waals surface area contributed by atoms with E-state index in [0.717, 1.165) is 23.1 Å². The van der Waals surface area contributed by atoms with Gasteiger partial charge in [0.25, 0.3) is 5.91 Å². The summed E-state index contributed by atoms with van der Waals surface area (Å²) in [7, 11) is 0. The number of hydrogen-bond donors (Lipinski definition) is 2. The Morgan fingerprint density at radius 2 is 2.38 bits per heavy atom. The molecule has 0 spiro atoms. The Morgan fingerprint density at radius 1 is 1.57 bits per heavy atom. The maximum atomic E-state index is 12.3. The van der Waals surface area contributed by atoms with Crippen molar-refractivity contribution in [1.82, 2.24) is 5.32 Å². The van der Waals surface area contributed by atoms with Gasteiger partial charge in [0.05, 0.1) is 16.8 Å². The van der Waals surface area contributed by atoms with Crippen LogP contribution in [0.1, 0.15) is 23.0 Å². The van der Waals surface area contributed by atoms with E-state index >= 15 is 0 Å². The van der Waals surface area contributed by atoms with Crippen molar-refractivity contribution in [3.8, 4) is 0 Å². The molecule has 2 heterocycles. The molecule has 1 aromatic carbocycles. The topological polar surface area (TPSA) is 64.3 Å². The zero-order chi connectivity index (χ0) is 15.0. The van der Waals surface area contributed by atoms with Crippen LogP contribution in [0.4, 0.5) is 5.69 Å². The Kier molecular flexibility index (Phi) is 4.06. The number of carbonyl (C=O) groups excluding carboxylic acids is 1. The van der Waals surface area contributed by atoms with E-state index in [2.05, 4.69) is 5.32 Å². The van der Waals surface area contributed by atoms with Crippen LogP contribution in [-0.2, 0) is 4.74 Å². The molecule has 2 atom stereocenters. The van der Waals surface area contributed by atoms with Crippen LogP contribution in [0.3, 0.4) is 0 Å². The van der Waals surface area contributed by atoms with Crippen molar-refractivity contribution in [1.29, 1.82) is 0 Å². The Morgan fingerprint density at radius 3 is 3.05 bits per heavy atom. The number of amides is 1. The number of nitrogens with one attached hydrogen (secondary N) is 1. The lowest BCUT2D eigenvalue weighted by Crippen LogP contribution is -2.31. The summed E-state index contributed by atoms with van der Waals surface area (Å²) in [5.41, 5.74) is 6.56. The van der Waals surface area contributed by atoms with E-state index in [4.69, 9.17) is 22.1 Å². The molecule has 0 aliphatic carbocycles. The molecule has 1 saturated heterocycles. The second-order valence-electron chi connectivity index (χ2n) is 5.29. The average Bonchev–Trinajstić information content (AvgIpc) is 3.01. The maximum absolute atomic E-state index is 12.3. The van der Waals surface area contributed by atoms with E-state index in [1.807, 2.05) is 19.1 Å². The van der Waals surface area contributed by atoms with Gasteiger partial charge in [-0.05, 0) is 25.5 Å². The van der Waals surface area contributed by atoms with Crippen LogP contribution in [-0.4, -0.2) is 25.2 Å². The third-order valence-corrected chi connectivity index (χ3v) is 5.45. The van der Waals surface area contributed by atoms with Crippen molar-refractivity contribution in [2.24, 2.45) is 5.92 Å². The van der Waals surface area contributed by atoms with Crippen LogP contribution < -0.4 is 11.1 Å². The van der Waals surface area contributed by atoms with Crippen LogP contribution >= 0.6 is 22.9 Å². The Labute approximate surface area is 132 Å². The Balaban J connectivity index is 1.78. The van der Waals surface area contributed by atoms with Crippen molar-refractivity contribution in [3.05, 3.63) is 28.1 Å². The average molecular weight is 325 g/mol. The number of fused-ring (bicyclic) bond motifs is 1. The smallest absolute Gasteiger partial charge is 0.263 e. The van der Waals surface area contributed by atoms with Gasteiger partial charge in [0.1, 0.15) is 4.88 Å². The molecule has 21 heavy (non-hydrogen) atoms. The molecule has 2 aromatic rings. The number of nitrogen functional groups attached to an aromatic ring is 1. The van der Waals surface area contributed by atoms with E-state index in [0.29, 0.717) is 28.0 Å². The highest BCUT2D eigenvalue weighted by atomic mass is 35.5. The van der Waals surface area contributed by atoms with Crippen molar-refractivity contribution in [3.63, 3.8) is 0 Å². The molecule has 4 nitrogen and oxygen atoms in total. The van der Waals surface area contributed by atoms with Crippen LogP contribution in [0.5, 0.6) is 0 Å². The number of thiophene rings is 1. The van der Waals surface area contributed by atoms with Gasteiger partial charge in [-0.15, -0.1) is 11.3 Å². The second kappa shape index (κ2) is 5.83. The number of nitrogens with two attached hydrogens (primary N) is 1. The molecule has 0 saturated carbocycles. The summed E-state index contributed by atoms with van der Waals surface area (Å²) < 4.78 is 6.43. The summed E-state index contributed by atoms with van der Waals surface area (Å²) in [5.74, 6) is 0.233. The summed E-state index contributed by atoms with van der Waals surface area (Å²) in [5, 5.41) is 4.31. The third kappa shape index (κ3) is 2.73. The first-order valence-corrected chi connectivity index (χ1v) is 8.13. The van der Waals surface area contributed by atoms with Crippen molar-refractivity contribution >= 4 is 44.6 Å². The molecule has 1 aliphatic rings. The van der Waals surface area contributed by atoms with Crippen molar-refractivity contribution < 1.29 is 9.53 Å².